The molecule has 3 heteroatoms. The molecule has 0 bridgehead atoms. The number of hydrogen-bond donors (Lipinski definition) is 1. The Balaban J connectivity index is 1.47. The minimum atomic E-state index is 0.257. The number of hydrogen-bond acceptors (Lipinski definition) is 3. The van der Waals surface area contributed by atoms with E-state index in [4.69, 9.17) is 0 Å². The quantitative estimate of drug-likeness (QED) is 0.653. The van der Waals surface area contributed by atoms with Crippen LogP contribution < -0.4 is 5.32 Å². The maximum Gasteiger partial charge on any atom is 0.0708 e. The van der Waals surface area contributed by atoms with Crippen molar-refractivity contribution in [2.24, 2.45) is 0 Å². The van der Waals surface area contributed by atoms with Gasteiger partial charge >= 0.3 is 0 Å². The second-order valence-electron chi connectivity index (χ2n) is 7.67. The predicted molar refractivity (Wildman–Crippen MR) is 116 cm³/mol. The van der Waals surface area contributed by atoms with E-state index in [-0.39, 0.29) is 6.04 Å². The van der Waals surface area contributed by atoms with Crippen LogP contribution in [0.5, 0.6) is 0 Å². The second kappa shape index (κ2) is 6.38. The van der Waals surface area contributed by atoms with Gasteiger partial charge in [-0.2, -0.15) is 0 Å². The van der Waals surface area contributed by atoms with Gasteiger partial charge in [0.25, 0.3) is 0 Å². The molecule has 0 amide bonds. The summed E-state index contributed by atoms with van der Waals surface area (Å²) >= 11 is 0. The number of allylic oxidation sites excluding steroid dienone is 1. The lowest BCUT2D eigenvalue weighted by Crippen LogP contribution is -2.39. The summed E-state index contributed by atoms with van der Waals surface area (Å²) in [6.45, 7) is 13.5. The van der Waals surface area contributed by atoms with E-state index >= 15 is 0 Å². The maximum atomic E-state index is 4.68. The van der Waals surface area contributed by atoms with Crippen molar-refractivity contribution >= 4 is 16.5 Å². The largest absolute Gasteiger partial charge is 0.362 e. The molecule has 0 aliphatic carbocycles. The van der Waals surface area contributed by atoms with Gasteiger partial charge in [-0.05, 0) is 35.9 Å². The summed E-state index contributed by atoms with van der Waals surface area (Å²) in [6, 6.07) is 17.4. The summed E-state index contributed by atoms with van der Waals surface area (Å²) in [5.74, 6) is 0. The van der Waals surface area contributed by atoms with Crippen molar-refractivity contribution in [1.82, 2.24) is 15.2 Å². The summed E-state index contributed by atoms with van der Waals surface area (Å²) in [6.07, 6.45) is 3.94. The number of nitrogens with zero attached hydrogens (tertiary/aromatic N) is 2. The molecule has 5 rings (SSSR count). The molecule has 3 aromatic rings. The Morgan fingerprint density at radius 2 is 1.82 bits per heavy atom. The number of piperidine rings is 1. The Morgan fingerprint density at radius 3 is 2.64 bits per heavy atom. The minimum absolute atomic E-state index is 0.257. The molecule has 0 saturated carbocycles. The molecule has 0 spiro atoms. The van der Waals surface area contributed by atoms with Gasteiger partial charge in [-0.15, -0.1) is 0 Å². The van der Waals surface area contributed by atoms with Crippen LogP contribution >= 0.6 is 0 Å². The van der Waals surface area contributed by atoms with Crippen LogP contribution in [0, 0.1) is 0 Å². The average molecular weight is 365 g/mol. The molecule has 1 aromatic heterocycles. The number of fused-ring (bicyclic) bond motifs is 2. The highest BCUT2D eigenvalue weighted by Crippen LogP contribution is 2.38. The average Bonchev–Trinajstić information content (AvgIpc) is 3.03. The summed E-state index contributed by atoms with van der Waals surface area (Å²) < 4.78 is 0. The fraction of sp³-hybridized carbons (Fsp3) is 0.160. The molecule has 0 radical (unpaired) electrons. The third-order valence-corrected chi connectivity index (χ3v) is 5.87. The van der Waals surface area contributed by atoms with E-state index in [0.29, 0.717) is 0 Å². The summed E-state index contributed by atoms with van der Waals surface area (Å²) in [4.78, 5) is 7.05. The molecule has 3 nitrogen and oxygen atoms in total. The standard InChI is InChI=1S/C25H23N3/c1-16-8-11-25(17(2)27-16)28-15-22-12-20(9-10-23(22)18(28)3)24-13-19-6-4-5-7-21(19)14-26-24/h4-7,9-10,12-14,25,27H,1-3,8,11,15H2. The van der Waals surface area contributed by atoms with Gasteiger partial charge in [0.05, 0.1) is 11.7 Å². The van der Waals surface area contributed by atoms with E-state index in [2.05, 4.69) is 77.4 Å². The van der Waals surface area contributed by atoms with Crippen molar-refractivity contribution < 1.29 is 0 Å². The number of aromatic nitrogens is 1. The third-order valence-electron chi connectivity index (χ3n) is 5.87. The highest BCUT2D eigenvalue weighted by atomic mass is 15.2. The topological polar surface area (TPSA) is 28.2 Å². The predicted octanol–water partition coefficient (Wildman–Crippen LogP) is 5.47. The van der Waals surface area contributed by atoms with Crippen LogP contribution in [-0.2, 0) is 6.54 Å². The summed E-state index contributed by atoms with van der Waals surface area (Å²) in [7, 11) is 0. The van der Waals surface area contributed by atoms with Gasteiger partial charge in [0.1, 0.15) is 0 Å². The first-order chi connectivity index (χ1) is 13.6. The van der Waals surface area contributed by atoms with Crippen molar-refractivity contribution in [1.29, 1.82) is 0 Å². The van der Waals surface area contributed by atoms with Crippen molar-refractivity contribution in [3.05, 3.63) is 97.0 Å². The Morgan fingerprint density at radius 1 is 1.00 bits per heavy atom. The van der Waals surface area contributed by atoms with Gasteiger partial charge < -0.3 is 10.2 Å². The zero-order valence-electron chi connectivity index (χ0n) is 15.9. The number of pyridine rings is 1. The van der Waals surface area contributed by atoms with E-state index in [1.807, 2.05) is 12.3 Å². The smallest absolute Gasteiger partial charge is 0.0708 e. The van der Waals surface area contributed by atoms with Crippen LogP contribution in [0.4, 0.5) is 0 Å². The lowest BCUT2D eigenvalue weighted by Gasteiger charge is -2.36. The van der Waals surface area contributed by atoms with Crippen molar-refractivity contribution in [2.45, 2.75) is 25.4 Å². The van der Waals surface area contributed by atoms with Gasteiger partial charge in [0.2, 0.25) is 0 Å². The molecular formula is C25H23N3. The highest BCUT2D eigenvalue weighted by Gasteiger charge is 2.32. The first kappa shape index (κ1) is 16.8. The van der Waals surface area contributed by atoms with Crippen molar-refractivity contribution in [2.75, 3.05) is 0 Å². The fourth-order valence-electron chi connectivity index (χ4n) is 4.34. The van der Waals surface area contributed by atoms with E-state index in [1.165, 1.54) is 16.5 Å². The van der Waals surface area contributed by atoms with Gasteiger partial charge in [-0.3, -0.25) is 4.98 Å². The van der Waals surface area contributed by atoms with Crippen LogP contribution in [0.25, 0.3) is 27.7 Å². The lowest BCUT2D eigenvalue weighted by atomic mass is 10.0. The Bertz CT molecular complexity index is 1140. The molecule has 1 fully saturated rings. The number of rotatable bonds is 2. The molecule has 1 N–H and O–H groups in total. The van der Waals surface area contributed by atoms with Crippen LogP contribution in [0.1, 0.15) is 24.0 Å². The van der Waals surface area contributed by atoms with E-state index < -0.39 is 0 Å². The van der Waals surface area contributed by atoms with E-state index in [9.17, 15) is 0 Å². The normalized spacial score (nSPS) is 19.1. The Kier molecular flexibility index (Phi) is 3.83. The Hall–Kier alpha value is -3.33. The Labute approximate surface area is 165 Å². The van der Waals surface area contributed by atoms with Crippen LogP contribution in [0.2, 0.25) is 0 Å². The molecule has 1 saturated heterocycles. The molecule has 2 aromatic carbocycles. The zero-order valence-corrected chi connectivity index (χ0v) is 15.9. The first-order valence-corrected chi connectivity index (χ1v) is 9.68. The molecular weight excluding hydrogens is 342 g/mol. The molecule has 1 unspecified atom stereocenters. The molecule has 28 heavy (non-hydrogen) atoms. The van der Waals surface area contributed by atoms with Crippen LogP contribution in [-0.4, -0.2) is 15.9 Å². The third kappa shape index (κ3) is 2.71. The minimum Gasteiger partial charge on any atom is -0.362 e. The van der Waals surface area contributed by atoms with E-state index in [1.54, 1.807) is 0 Å². The zero-order chi connectivity index (χ0) is 19.3. The van der Waals surface area contributed by atoms with Crippen molar-refractivity contribution in [3.8, 4) is 11.3 Å². The summed E-state index contributed by atoms with van der Waals surface area (Å²) in [5, 5.41) is 5.70. The first-order valence-electron chi connectivity index (χ1n) is 9.68. The molecule has 1 atom stereocenters. The summed E-state index contributed by atoms with van der Waals surface area (Å²) in [5.41, 5.74) is 7.82. The van der Waals surface area contributed by atoms with Crippen LogP contribution in [0.3, 0.4) is 0 Å². The van der Waals surface area contributed by atoms with Gasteiger partial charge in [0, 0.05) is 46.3 Å². The monoisotopic (exact) mass is 365 g/mol. The van der Waals surface area contributed by atoms with Gasteiger partial charge in [-0.1, -0.05) is 56.1 Å². The second-order valence-corrected chi connectivity index (χ2v) is 7.67. The molecule has 2 aliphatic heterocycles. The maximum absolute atomic E-state index is 4.68. The van der Waals surface area contributed by atoms with Crippen LogP contribution in [0.15, 0.2) is 85.9 Å². The molecule has 3 heterocycles. The lowest BCUT2D eigenvalue weighted by molar-refractivity contribution is 0.297. The van der Waals surface area contributed by atoms with Gasteiger partial charge in [-0.25, -0.2) is 0 Å². The van der Waals surface area contributed by atoms with E-state index in [0.717, 1.165) is 53.1 Å². The van der Waals surface area contributed by atoms with Gasteiger partial charge in [0.15, 0.2) is 0 Å². The molecule has 2 aliphatic rings. The highest BCUT2D eigenvalue weighted by molar-refractivity contribution is 5.85. The SMILES string of the molecule is C=C1CCC(N2Cc3cc(-c4cc5ccccc5cn4)ccc3C2=C)C(=C)N1. The fourth-order valence-corrected chi connectivity index (χ4v) is 4.34. The number of nitrogens with one attached hydrogen (secondary N) is 1. The number of benzene rings is 2. The van der Waals surface area contributed by atoms with Crippen molar-refractivity contribution in [3.63, 3.8) is 0 Å². The molecule has 138 valence electrons.